The van der Waals surface area contributed by atoms with Gasteiger partial charge in [0.15, 0.2) is 5.82 Å². The Balaban J connectivity index is 1.28. The molecule has 2 aromatic rings. The van der Waals surface area contributed by atoms with Crippen molar-refractivity contribution < 1.29 is 31.8 Å². The first-order chi connectivity index (χ1) is 17.2. The lowest BCUT2D eigenvalue weighted by molar-refractivity contribution is -0.137. The van der Waals surface area contributed by atoms with E-state index in [1.807, 2.05) is 0 Å². The van der Waals surface area contributed by atoms with E-state index < -0.39 is 47.1 Å². The van der Waals surface area contributed by atoms with Gasteiger partial charge in [-0.15, -0.1) is 10.2 Å². The summed E-state index contributed by atoms with van der Waals surface area (Å²) in [7, 11) is 0. The number of rotatable bonds is 6. The van der Waals surface area contributed by atoms with Crippen molar-refractivity contribution in [1.82, 2.24) is 15.1 Å². The van der Waals surface area contributed by atoms with E-state index in [1.165, 1.54) is 0 Å². The molecule has 36 heavy (non-hydrogen) atoms. The largest absolute Gasteiger partial charge is 0.420 e. The minimum atomic E-state index is -4.76. The second kappa shape index (κ2) is 10.2. The van der Waals surface area contributed by atoms with E-state index in [-0.39, 0.29) is 11.6 Å². The number of halogens is 5. The van der Waals surface area contributed by atoms with Gasteiger partial charge in [0.2, 0.25) is 0 Å². The van der Waals surface area contributed by atoms with Gasteiger partial charge in [-0.05, 0) is 61.6 Å². The van der Waals surface area contributed by atoms with Gasteiger partial charge in [0.05, 0.1) is 12.3 Å². The van der Waals surface area contributed by atoms with Crippen LogP contribution in [0.5, 0.6) is 0 Å². The molecule has 3 fully saturated rings. The summed E-state index contributed by atoms with van der Waals surface area (Å²) in [6, 6.07) is 2.00. The first-order valence-electron chi connectivity index (χ1n) is 12.3. The molecule has 1 aliphatic carbocycles. The van der Waals surface area contributed by atoms with Gasteiger partial charge in [-0.2, -0.15) is 13.2 Å². The standard InChI is InChI=1S/C25H29F5N4O2/c26-21-8-19(22(27)7-17(21)13-35)23-9-20(25(28,29)30)24(33-32-23)31-18-5-15-11-34(12-16(15)6-18)10-14-1-3-36-4-2-14/h7-9,14-16,18,35H,1-6,10-13H2,(H,31,33)/t15-,16+,18+. The second-order valence-electron chi connectivity index (χ2n) is 10.2. The molecular weight excluding hydrogens is 483 g/mol. The van der Waals surface area contributed by atoms with Crippen molar-refractivity contribution >= 4 is 5.82 Å². The van der Waals surface area contributed by atoms with Crippen molar-refractivity contribution in [2.75, 3.05) is 38.2 Å². The van der Waals surface area contributed by atoms with Gasteiger partial charge in [0.25, 0.3) is 0 Å². The zero-order valence-corrected chi connectivity index (χ0v) is 19.7. The average molecular weight is 513 g/mol. The third-order valence-corrected chi connectivity index (χ3v) is 7.71. The molecule has 2 saturated heterocycles. The lowest BCUT2D eigenvalue weighted by Crippen LogP contribution is -2.32. The molecule has 0 radical (unpaired) electrons. The first-order valence-corrected chi connectivity index (χ1v) is 12.3. The van der Waals surface area contributed by atoms with Crippen LogP contribution in [0.4, 0.5) is 27.8 Å². The molecule has 11 heteroatoms. The number of aliphatic hydroxyl groups excluding tert-OH is 1. The van der Waals surface area contributed by atoms with E-state index in [4.69, 9.17) is 9.84 Å². The number of fused-ring (bicyclic) bond motifs is 1. The van der Waals surface area contributed by atoms with E-state index >= 15 is 0 Å². The molecule has 3 atom stereocenters. The zero-order chi connectivity index (χ0) is 25.4. The number of anilines is 1. The molecular formula is C25H29F5N4O2. The molecule has 1 aromatic carbocycles. The van der Waals surface area contributed by atoms with Gasteiger partial charge in [-0.25, -0.2) is 8.78 Å². The van der Waals surface area contributed by atoms with Crippen LogP contribution in [0.1, 0.15) is 36.8 Å². The van der Waals surface area contributed by atoms with Crippen molar-refractivity contribution in [2.24, 2.45) is 17.8 Å². The lowest BCUT2D eigenvalue weighted by atomic mass is 10.00. The number of hydrogen-bond acceptors (Lipinski definition) is 6. The number of benzene rings is 1. The predicted molar refractivity (Wildman–Crippen MR) is 122 cm³/mol. The third-order valence-electron chi connectivity index (χ3n) is 7.71. The molecule has 0 bridgehead atoms. The molecule has 1 saturated carbocycles. The molecule has 0 amide bonds. The number of nitrogens with zero attached hydrogens (tertiary/aromatic N) is 3. The summed E-state index contributed by atoms with van der Waals surface area (Å²) in [4.78, 5) is 2.48. The van der Waals surface area contributed by atoms with Crippen LogP contribution in [0.15, 0.2) is 18.2 Å². The molecule has 3 heterocycles. The maximum absolute atomic E-state index is 14.4. The first kappa shape index (κ1) is 25.3. The van der Waals surface area contributed by atoms with Crippen LogP contribution < -0.4 is 5.32 Å². The maximum Gasteiger partial charge on any atom is 0.420 e. The van der Waals surface area contributed by atoms with Crippen molar-refractivity contribution in [1.29, 1.82) is 0 Å². The fourth-order valence-electron chi connectivity index (χ4n) is 5.90. The lowest BCUT2D eigenvalue weighted by Gasteiger charge is -2.28. The molecule has 2 aliphatic heterocycles. The number of aromatic nitrogens is 2. The number of hydrogen-bond donors (Lipinski definition) is 2. The molecule has 3 aliphatic rings. The topological polar surface area (TPSA) is 70.5 Å². The molecule has 2 N–H and O–H groups in total. The second-order valence-corrected chi connectivity index (χ2v) is 10.2. The highest BCUT2D eigenvalue weighted by Crippen LogP contribution is 2.42. The smallest absolute Gasteiger partial charge is 0.392 e. The monoisotopic (exact) mass is 512 g/mol. The summed E-state index contributed by atoms with van der Waals surface area (Å²) in [6.07, 6.45) is -1.11. The van der Waals surface area contributed by atoms with Gasteiger partial charge < -0.3 is 20.1 Å². The fourth-order valence-corrected chi connectivity index (χ4v) is 5.90. The predicted octanol–water partition coefficient (Wildman–Crippen LogP) is 4.48. The van der Waals surface area contributed by atoms with E-state index in [0.29, 0.717) is 23.8 Å². The zero-order valence-electron chi connectivity index (χ0n) is 19.7. The Morgan fingerprint density at radius 3 is 2.33 bits per heavy atom. The Kier molecular flexibility index (Phi) is 7.15. The number of ether oxygens (including phenoxy) is 1. The molecule has 196 valence electrons. The van der Waals surface area contributed by atoms with Crippen LogP contribution in [0.25, 0.3) is 11.3 Å². The van der Waals surface area contributed by atoms with Crippen LogP contribution in [0.2, 0.25) is 0 Å². The Morgan fingerprint density at radius 2 is 1.69 bits per heavy atom. The number of alkyl halides is 3. The minimum absolute atomic E-state index is 0.163. The van der Waals surface area contributed by atoms with Crippen molar-refractivity contribution in [3.8, 4) is 11.3 Å². The van der Waals surface area contributed by atoms with Crippen molar-refractivity contribution in [3.05, 3.63) is 41.0 Å². The summed E-state index contributed by atoms with van der Waals surface area (Å²) in [5.74, 6) is -0.833. The summed E-state index contributed by atoms with van der Waals surface area (Å²) in [5, 5.41) is 19.5. The van der Waals surface area contributed by atoms with E-state index in [9.17, 15) is 22.0 Å². The molecule has 6 nitrogen and oxygen atoms in total. The van der Waals surface area contributed by atoms with Crippen LogP contribution in [0, 0.1) is 29.4 Å². The number of nitrogens with one attached hydrogen (secondary N) is 1. The highest BCUT2D eigenvalue weighted by atomic mass is 19.4. The quantitative estimate of drug-likeness (QED) is 0.557. The number of aliphatic hydroxyl groups is 1. The fraction of sp³-hybridized carbons (Fsp3) is 0.600. The molecule has 1 aromatic heterocycles. The van der Waals surface area contributed by atoms with Gasteiger partial charge in [0, 0.05) is 50.0 Å². The van der Waals surface area contributed by atoms with E-state index in [1.54, 1.807) is 0 Å². The SMILES string of the molecule is OCc1cc(F)c(-c2cc(C(F)(F)F)c(N[C@H]3C[C@@H]4CN(CC5CCOCC5)C[C@@H]4C3)nn2)cc1F. The summed E-state index contributed by atoms with van der Waals surface area (Å²) >= 11 is 0. The van der Waals surface area contributed by atoms with Crippen LogP contribution >= 0.6 is 0 Å². The normalized spacial score (nSPS) is 25.3. The Bertz CT molecular complexity index is 1080. The van der Waals surface area contributed by atoms with Gasteiger partial charge in [0.1, 0.15) is 17.2 Å². The minimum Gasteiger partial charge on any atom is -0.392 e. The third kappa shape index (κ3) is 5.33. The van der Waals surface area contributed by atoms with Gasteiger partial charge >= 0.3 is 6.18 Å². The van der Waals surface area contributed by atoms with Gasteiger partial charge in [-0.3, -0.25) is 0 Å². The van der Waals surface area contributed by atoms with Crippen LogP contribution in [-0.2, 0) is 17.5 Å². The Labute approximate surface area is 205 Å². The average Bonchev–Trinajstić information content (AvgIpc) is 3.38. The highest BCUT2D eigenvalue weighted by molar-refractivity contribution is 5.63. The summed E-state index contributed by atoms with van der Waals surface area (Å²) in [6.45, 7) is 3.85. The Hall–Kier alpha value is -2.37. The van der Waals surface area contributed by atoms with Crippen LogP contribution in [0.3, 0.4) is 0 Å². The molecule has 0 unspecified atom stereocenters. The van der Waals surface area contributed by atoms with E-state index in [0.717, 1.165) is 70.7 Å². The molecule has 5 rings (SSSR count). The highest BCUT2D eigenvalue weighted by Gasteiger charge is 2.43. The van der Waals surface area contributed by atoms with E-state index in [2.05, 4.69) is 20.4 Å². The van der Waals surface area contributed by atoms with Crippen LogP contribution in [-0.4, -0.2) is 59.1 Å². The van der Waals surface area contributed by atoms with Crippen molar-refractivity contribution in [2.45, 2.75) is 44.5 Å². The Morgan fingerprint density at radius 1 is 1.00 bits per heavy atom. The summed E-state index contributed by atoms with van der Waals surface area (Å²) in [5.41, 5.74) is -2.25. The van der Waals surface area contributed by atoms with Gasteiger partial charge in [-0.1, -0.05) is 0 Å². The maximum atomic E-state index is 14.4. The molecule has 0 spiro atoms. The summed E-state index contributed by atoms with van der Waals surface area (Å²) < 4.78 is 75.6. The number of likely N-dealkylation sites (tertiary alicyclic amines) is 1. The van der Waals surface area contributed by atoms with Crippen molar-refractivity contribution in [3.63, 3.8) is 0 Å².